The first-order valence-electron chi connectivity index (χ1n) is 6.85. The first kappa shape index (κ1) is 17.1. The van der Waals surface area contributed by atoms with Crippen LogP contribution in [-0.2, 0) is 11.2 Å². The molecular weight excluding hydrogens is 272 g/mol. The highest BCUT2D eigenvalue weighted by Crippen LogP contribution is 2.27. The van der Waals surface area contributed by atoms with Crippen LogP contribution in [0.1, 0.15) is 12.5 Å². The number of carbonyl (C=O) groups excluding carboxylic acids is 1. The number of hydrogen-bond donors (Lipinski definition) is 2. The van der Waals surface area contributed by atoms with E-state index >= 15 is 0 Å². The van der Waals surface area contributed by atoms with Gasteiger partial charge in [0, 0.05) is 13.7 Å². The van der Waals surface area contributed by atoms with Crippen LogP contribution in [0, 0.1) is 0 Å². The van der Waals surface area contributed by atoms with Gasteiger partial charge >= 0.3 is 6.03 Å². The third kappa shape index (κ3) is 5.91. The van der Waals surface area contributed by atoms with E-state index < -0.39 is 0 Å². The number of rotatable bonds is 8. The molecule has 0 aliphatic heterocycles. The van der Waals surface area contributed by atoms with Crippen molar-refractivity contribution in [1.29, 1.82) is 0 Å². The summed E-state index contributed by atoms with van der Waals surface area (Å²) in [6, 6.07) is 5.51. The lowest BCUT2D eigenvalue weighted by atomic mass is 10.1. The second kappa shape index (κ2) is 9.07. The Kier molecular flexibility index (Phi) is 7.39. The van der Waals surface area contributed by atoms with Crippen molar-refractivity contribution in [3.63, 3.8) is 0 Å². The van der Waals surface area contributed by atoms with E-state index in [0.717, 1.165) is 5.56 Å². The number of ether oxygens (including phenoxy) is 3. The van der Waals surface area contributed by atoms with Gasteiger partial charge in [-0.1, -0.05) is 6.07 Å². The first-order chi connectivity index (χ1) is 10.1. The van der Waals surface area contributed by atoms with Crippen LogP contribution in [0.4, 0.5) is 4.79 Å². The zero-order valence-corrected chi connectivity index (χ0v) is 13.1. The minimum absolute atomic E-state index is 0.0175. The van der Waals surface area contributed by atoms with Crippen LogP contribution in [0.5, 0.6) is 11.5 Å². The van der Waals surface area contributed by atoms with Crippen LogP contribution >= 0.6 is 0 Å². The molecule has 2 amide bonds. The molecule has 0 bridgehead atoms. The summed E-state index contributed by atoms with van der Waals surface area (Å²) in [6.45, 7) is 2.92. The Balaban J connectivity index is 2.40. The molecule has 0 spiro atoms. The Hall–Kier alpha value is -1.95. The van der Waals surface area contributed by atoms with Gasteiger partial charge in [0.25, 0.3) is 0 Å². The predicted molar refractivity (Wildman–Crippen MR) is 81.1 cm³/mol. The third-order valence-corrected chi connectivity index (χ3v) is 2.94. The van der Waals surface area contributed by atoms with Crippen molar-refractivity contribution in [3.8, 4) is 11.5 Å². The van der Waals surface area contributed by atoms with Crippen molar-refractivity contribution in [2.45, 2.75) is 19.4 Å². The standard InChI is InChI=1S/C15H24N2O4/c1-11(10-19-2)17-15(18)16-8-7-12-5-6-13(20-3)14(9-12)21-4/h5-6,9,11H,7-8,10H2,1-4H3,(H2,16,17,18). The van der Waals surface area contributed by atoms with Gasteiger partial charge in [-0.3, -0.25) is 0 Å². The molecule has 21 heavy (non-hydrogen) atoms. The fourth-order valence-corrected chi connectivity index (χ4v) is 1.92. The van der Waals surface area contributed by atoms with E-state index in [4.69, 9.17) is 14.2 Å². The Morgan fingerprint density at radius 2 is 1.90 bits per heavy atom. The average Bonchev–Trinajstić information content (AvgIpc) is 2.47. The summed E-state index contributed by atoms with van der Waals surface area (Å²) in [5.74, 6) is 1.38. The van der Waals surface area contributed by atoms with Gasteiger partial charge < -0.3 is 24.8 Å². The second-order valence-electron chi connectivity index (χ2n) is 4.70. The summed E-state index contributed by atoms with van der Waals surface area (Å²) in [6.07, 6.45) is 0.715. The molecule has 2 N–H and O–H groups in total. The minimum Gasteiger partial charge on any atom is -0.493 e. The minimum atomic E-state index is -0.194. The van der Waals surface area contributed by atoms with E-state index in [0.29, 0.717) is 31.1 Å². The molecule has 1 unspecified atom stereocenters. The monoisotopic (exact) mass is 296 g/mol. The van der Waals surface area contributed by atoms with Gasteiger partial charge in [0.2, 0.25) is 0 Å². The van der Waals surface area contributed by atoms with Gasteiger partial charge in [0.05, 0.1) is 26.9 Å². The number of hydrogen-bond acceptors (Lipinski definition) is 4. The van der Waals surface area contributed by atoms with Crippen LogP contribution in [0.25, 0.3) is 0 Å². The molecule has 0 aliphatic rings. The Morgan fingerprint density at radius 3 is 2.52 bits per heavy atom. The highest BCUT2D eigenvalue weighted by Gasteiger charge is 2.07. The Bertz CT molecular complexity index is 451. The molecule has 1 aromatic rings. The zero-order valence-electron chi connectivity index (χ0n) is 13.1. The molecular formula is C15H24N2O4. The molecule has 118 valence electrons. The summed E-state index contributed by atoms with van der Waals surface area (Å²) in [5.41, 5.74) is 1.07. The second-order valence-corrected chi connectivity index (χ2v) is 4.70. The third-order valence-electron chi connectivity index (χ3n) is 2.94. The number of nitrogens with one attached hydrogen (secondary N) is 2. The number of methoxy groups -OCH3 is 3. The van der Waals surface area contributed by atoms with E-state index in [2.05, 4.69) is 10.6 Å². The smallest absolute Gasteiger partial charge is 0.315 e. The summed E-state index contributed by atoms with van der Waals surface area (Å²) in [7, 11) is 4.81. The lowest BCUT2D eigenvalue weighted by molar-refractivity contribution is 0.171. The van der Waals surface area contributed by atoms with Crippen molar-refractivity contribution >= 4 is 6.03 Å². The molecule has 1 aromatic carbocycles. The number of benzene rings is 1. The molecule has 6 heteroatoms. The number of amides is 2. The fraction of sp³-hybridized carbons (Fsp3) is 0.533. The van der Waals surface area contributed by atoms with E-state index in [-0.39, 0.29) is 12.1 Å². The van der Waals surface area contributed by atoms with Gasteiger partial charge in [0.1, 0.15) is 0 Å². The van der Waals surface area contributed by atoms with E-state index in [1.165, 1.54) is 0 Å². The van der Waals surface area contributed by atoms with Gasteiger partial charge in [-0.05, 0) is 31.0 Å². The predicted octanol–water partition coefficient (Wildman–Crippen LogP) is 1.58. The quantitative estimate of drug-likeness (QED) is 0.764. The lowest BCUT2D eigenvalue weighted by Crippen LogP contribution is -2.43. The Labute approximate surface area is 125 Å². The molecule has 0 aromatic heterocycles. The molecule has 1 rings (SSSR count). The summed E-state index contributed by atoms with van der Waals surface area (Å²) < 4.78 is 15.4. The van der Waals surface area contributed by atoms with Crippen LogP contribution in [0.3, 0.4) is 0 Å². The maximum Gasteiger partial charge on any atom is 0.315 e. The zero-order chi connectivity index (χ0) is 15.7. The molecule has 0 fully saturated rings. The molecule has 0 aliphatic carbocycles. The highest BCUT2D eigenvalue weighted by atomic mass is 16.5. The highest BCUT2D eigenvalue weighted by molar-refractivity contribution is 5.74. The molecule has 0 radical (unpaired) electrons. The van der Waals surface area contributed by atoms with Crippen molar-refractivity contribution < 1.29 is 19.0 Å². The fourth-order valence-electron chi connectivity index (χ4n) is 1.92. The van der Waals surface area contributed by atoms with Gasteiger partial charge in [0.15, 0.2) is 11.5 Å². The summed E-state index contributed by atoms with van der Waals surface area (Å²) in [5, 5.41) is 5.60. The van der Waals surface area contributed by atoms with Crippen molar-refractivity contribution in [2.75, 3.05) is 34.5 Å². The topological polar surface area (TPSA) is 68.8 Å². The van der Waals surface area contributed by atoms with Crippen LogP contribution in [-0.4, -0.2) is 46.6 Å². The lowest BCUT2D eigenvalue weighted by Gasteiger charge is -2.14. The molecule has 0 saturated heterocycles. The Morgan fingerprint density at radius 1 is 1.19 bits per heavy atom. The maximum absolute atomic E-state index is 11.6. The van der Waals surface area contributed by atoms with Crippen LogP contribution in [0.15, 0.2) is 18.2 Å². The maximum atomic E-state index is 11.6. The van der Waals surface area contributed by atoms with Crippen molar-refractivity contribution in [3.05, 3.63) is 23.8 Å². The normalized spacial score (nSPS) is 11.6. The first-order valence-corrected chi connectivity index (χ1v) is 6.85. The van der Waals surface area contributed by atoms with Crippen molar-refractivity contribution in [1.82, 2.24) is 10.6 Å². The largest absolute Gasteiger partial charge is 0.493 e. The molecule has 0 saturated carbocycles. The number of urea groups is 1. The van der Waals surface area contributed by atoms with Crippen LogP contribution < -0.4 is 20.1 Å². The molecule has 6 nitrogen and oxygen atoms in total. The van der Waals surface area contributed by atoms with E-state index in [1.807, 2.05) is 25.1 Å². The average molecular weight is 296 g/mol. The SMILES string of the molecule is COCC(C)NC(=O)NCCc1ccc(OC)c(OC)c1. The molecule has 0 heterocycles. The molecule has 1 atom stereocenters. The summed E-state index contributed by atoms with van der Waals surface area (Å²) in [4.78, 5) is 11.6. The van der Waals surface area contributed by atoms with E-state index in [1.54, 1.807) is 21.3 Å². The van der Waals surface area contributed by atoms with E-state index in [9.17, 15) is 4.79 Å². The van der Waals surface area contributed by atoms with Gasteiger partial charge in [-0.25, -0.2) is 4.79 Å². The van der Waals surface area contributed by atoms with Crippen molar-refractivity contribution in [2.24, 2.45) is 0 Å². The van der Waals surface area contributed by atoms with Gasteiger partial charge in [-0.2, -0.15) is 0 Å². The number of carbonyl (C=O) groups is 1. The van der Waals surface area contributed by atoms with Crippen LogP contribution in [0.2, 0.25) is 0 Å². The van der Waals surface area contributed by atoms with Gasteiger partial charge in [-0.15, -0.1) is 0 Å². The summed E-state index contributed by atoms with van der Waals surface area (Å²) >= 11 is 0.